The maximum atomic E-state index is 5.99. The number of nitrogens with one attached hydrogen (secondary N) is 2. The fraction of sp³-hybridized carbons (Fsp3) is 0.333. The Kier molecular flexibility index (Phi) is 2.70. The topological polar surface area (TPSA) is 27.8 Å². The van der Waals surface area contributed by atoms with Crippen LogP contribution in [0.2, 0.25) is 5.02 Å². The second-order valence-electron chi connectivity index (χ2n) is 4.19. The Balaban J connectivity index is 2.14. The minimum atomic E-state index is 0.445. The molecule has 1 aromatic carbocycles. The molecule has 0 saturated carbocycles. The third kappa shape index (κ3) is 1.67. The van der Waals surface area contributed by atoms with Crippen LogP contribution < -0.4 is 5.32 Å². The first-order valence-electron chi connectivity index (χ1n) is 5.46. The van der Waals surface area contributed by atoms with Gasteiger partial charge in [0.1, 0.15) is 0 Å². The monoisotopic (exact) mass is 298 g/mol. The highest BCUT2D eigenvalue weighted by atomic mass is 79.9. The van der Waals surface area contributed by atoms with E-state index in [4.69, 9.17) is 11.6 Å². The molecule has 2 aromatic rings. The summed E-state index contributed by atoms with van der Waals surface area (Å²) in [6.45, 7) is 1.10. The molecule has 0 aliphatic carbocycles. The Bertz CT molecular complexity index is 529. The molecule has 1 aliphatic heterocycles. The van der Waals surface area contributed by atoms with Crippen LogP contribution in [0.1, 0.15) is 24.6 Å². The number of halogens is 2. The van der Waals surface area contributed by atoms with Gasteiger partial charge in [0.15, 0.2) is 0 Å². The van der Waals surface area contributed by atoms with E-state index in [1.807, 2.05) is 12.1 Å². The van der Waals surface area contributed by atoms with Gasteiger partial charge in [0.25, 0.3) is 0 Å². The average molecular weight is 300 g/mol. The minimum Gasteiger partial charge on any atom is -0.356 e. The third-order valence-corrected chi connectivity index (χ3v) is 4.22. The van der Waals surface area contributed by atoms with E-state index in [1.54, 1.807) is 0 Å². The number of hydrogen-bond donors (Lipinski definition) is 2. The molecule has 84 valence electrons. The molecule has 0 amide bonds. The molecule has 0 radical (unpaired) electrons. The number of rotatable bonds is 1. The first kappa shape index (κ1) is 10.6. The van der Waals surface area contributed by atoms with Gasteiger partial charge >= 0.3 is 0 Å². The van der Waals surface area contributed by atoms with Gasteiger partial charge in [-0.1, -0.05) is 17.7 Å². The number of aromatic amines is 1. The Morgan fingerprint density at radius 1 is 1.38 bits per heavy atom. The Hall–Kier alpha value is -0.510. The van der Waals surface area contributed by atoms with E-state index in [1.165, 1.54) is 28.4 Å². The number of benzene rings is 1. The summed E-state index contributed by atoms with van der Waals surface area (Å²) >= 11 is 9.66. The lowest BCUT2D eigenvalue weighted by molar-refractivity contribution is 0.630. The van der Waals surface area contributed by atoms with Crippen molar-refractivity contribution < 1.29 is 0 Å². The van der Waals surface area contributed by atoms with Gasteiger partial charge < -0.3 is 10.3 Å². The summed E-state index contributed by atoms with van der Waals surface area (Å²) < 4.78 is 1.17. The zero-order valence-electron chi connectivity index (χ0n) is 8.69. The van der Waals surface area contributed by atoms with Crippen molar-refractivity contribution in [3.8, 4) is 0 Å². The molecule has 4 heteroatoms. The van der Waals surface area contributed by atoms with E-state index in [-0.39, 0.29) is 0 Å². The number of fused-ring (bicyclic) bond motifs is 1. The molecule has 3 rings (SSSR count). The predicted molar refractivity (Wildman–Crippen MR) is 71.0 cm³/mol. The van der Waals surface area contributed by atoms with Gasteiger partial charge in [-0.15, -0.1) is 0 Å². The molecule has 1 fully saturated rings. The average Bonchev–Trinajstić information content (AvgIpc) is 2.86. The molecule has 16 heavy (non-hydrogen) atoms. The molecule has 0 bridgehead atoms. The van der Waals surface area contributed by atoms with Crippen LogP contribution in [-0.4, -0.2) is 11.5 Å². The maximum Gasteiger partial charge on any atom is 0.0485 e. The SMILES string of the molecule is Clc1ccc2c(Br)c(C3CCCN3)[nH]c2c1. The molecular formula is C12H12BrClN2. The van der Waals surface area contributed by atoms with E-state index >= 15 is 0 Å². The molecule has 1 saturated heterocycles. The van der Waals surface area contributed by atoms with Crippen LogP contribution >= 0.6 is 27.5 Å². The summed E-state index contributed by atoms with van der Waals surface area (Å²) in [4.78, 5) is 3.45. The molecule has 2 nitrogen and oxygen atoms in total. The first-order chi connectivity index (χ1) is 7.75. The molecule has 1 atom stereocenters. The van der Waals surface area contributed by atoms with Crippen LogP contribution in [0, 0.1) is 0 Å². The summed E-state index contributed by atoms with van der Waals surface area (Å²) in [6, 6.07) is 6.39. The predicted octanol–water partition coefficient (Wildman–Crippen LogP) is 4.01. The third-order valence-electron chi connectivity index (χ3n) is 3.13. The largest absolute Gasteiger partial charge is 0.356 e. The van der Waals surface area contributed by atoms with Crippen molar-refractivity contribution >= 4 is 38.4 Å². The Morgan fingerprint density at radius 2 is 2.25 bits per heavy atom. The van der Waals surface area contributed by atoms with Crippen molar-refractivity contribution in [1.29, 1.82) is 0 Å². The van der Waals surface area contributed by atoms with E-state index in [2.05, 4.69) is 32.3 Å². The molecule has 1 aliphatic rings. The smallest absolute Gasteiger partial charge is 0.0485 e. The van der Waals surface area contributed by atoms with Crippen LogP contribution in [0.5, 0.6) is 0 Å². The number of hydrogen-bond acceptors (Lipinski definition) is 1. The van der Waals surface area contributed by atoms with E-state index in [9.17, 15) is 0 Å². The van der Waals surface area contributed by atoms with Crippen molar-refractivity contribution in [2.75, 3.05) is 6.54 Å². The summed E-state index contributed by atoms with van der Waals surface area (Å²) in [7, 11) is 0. The summed E-state index contributed by atoms with van der Waals surface area (Å²) in [5, 5.41) is 5.47. The zero-order chi connectivity index (χ0) is 11.1. The van der Waals surface area contributed by atoms with Crippen LogP contribution in [0.25, 0.3) is 10.9 Å². The molecular weight excluding hydrogens is 288 g/mol. The van der Waals surface area contributed by atoms with Crippen molar-refractivity contribution in [3.63, 3.8) is 0 Å². The van der Waals surface area contributed by atoms with Crippen LogP contribution in [0.15, 0.2) is 22.7 Å². The molecule has 0 spiro atoms. The normalized spacial score (nSPS) is 20.8. The summed E-state index contributed by atoms with van der Waals surface area (Å²) in [6.07, 6.45) is 2.44. The first-order valence-corrected chi connectivity index (χ1v) is 6.63. The standard InChI is InChI=1S/C12H12BrClN2/c13-11-8-4-3-7(14)6-10(8)16-12(11)9-2-1-5-15-9/h3-4,6,9,15-16H,1-2,5H2. The highest BCUT2D eigenvalue weighted by molar-refractivity contribution is 9.10. The van der Waals surface area contributed by atoms with E-state index < -0.39 is 0 Å². The molecule has 2 N–H and O–H groups in total. The lowest BCUT2D eigenvalue weighted by atomic mass is 10.1. The highest BCUT2D eigenvalue weighted by Crippen LogP contribution is 2.35. The molecule has 2 heterocycles. The van der Waals surface area contributed by atoms with E-state index in [0.29, 0.717) is 6.04 Å². The Labute approximate surface area is 107 Å². The van der Waals surface area contributed by atoms with Crippen molar-refractivity contribution in [2.45, 2.75) is 18.9 Å². The van der Waals surface area contributed by atoms with Crippen molar-refractivity contribution in [1.82, 2.24) is 10.3 Å². The van der Waals surface area contributed by atoms with Gasteiger partial charge in [-0.05, 0) is 47.4 Å². The van der Waals surface area contributed by atoms with Crippen LogP contribution in [-0.2, 0) is 0 Å². The van der Waals surface area contributed by atoms with Gasteiger partial charge in [-0.3, -0.25) is 0 Å². The van der Waals surface area contributed by atoms with Gasteiger partial charge in [-0.2, -0.15) is 0 Å². The summed E-state index contributed by atoms with van der Waals surface area (Å²) in [5.41, 5.74) is 2.35. The lowest BCUT2D eigenvalue weighted by Crippen LogP contribution is -2.13. The number of H-pyrrole nitrogens is 1. The second-order valence-corrected chi connectivity index (χ2v) is 5.42. The van der Waals surface area contributed by atoms with Gasteiger partial charge in [0, 0.05) is 32.1 Å². The van der Waals surface area contributed by atoms with E-state index in [0.717, 1.165) is 17.1 Å². The Morgan fingerprint density at radius 3 is 3.00 bits per heavy atom. The minimum absolute atomic E-state index is 0.445. The second kappa shape index (κ2) is 4.06. The van der Waals surface area contributed by atoms with Gasteiger partial charge in [0.2, 0.25) is 0 Å². The quantitative estimate of drug-likeness (QED) is 0.818. The van der Waals surface area contributed by atoms with Crippen molar-refractivity contribution in [3.05, 3.63) is 33.4 Å². The molecule has 1 unspecified atom stereocenters. The maximum absolute atomic E-state index is 5.99. The molecule has 1 aromatic heterocycles. The number of aromatic nitrogens is 1. The highest BCUT2D eigenvalue weighted by Gasteiger charge is 2.21. The summed E-state index contributed by atoms with van der Waals surface area (Å²) in [5.74, 6) is 0. The lowest BCUT2D eigenvalue weighted by Gasteiger charge is -2.08. The van der Waals surface area contributed by atoms with Crippen LogP contribution in [0.3, 0.4) is 0 Å². The van der Waals surface area contributed by atoms with Gasteiger partial charge in [0.05, 0.1) is 0 Å². The van der Waals surface area contributed by atoms with Crippen LogP contribution in [0.4, 0.5) is 0 Å². The fourth-order valence-corrected chi connectivity index (χ4v) is 3.22. The van der Waals surface area contributed by atoms with Gasteiger partial charge in [-0.25, -0.2) is 0 Å². The zero-order valence-corrected chi connectivity index (χ0v) is 11.0. The fourth-order valence-electron chi connectivity index (χ4n) is 2.33. The van der Waals surface area contributed by atoms with Crippen molar-refractivity contribution in [2.24, 2.45) is 0 Å².